The Kier molecular flexibility index (Phi) is 6.66. The Morgan fingerprint density at radius 3 is 2.59 bits per heavy atom. The number of aromatic nitrogens is 2. The molecule has 162 valence electrons. The molecule has 0 bridgehead atoms. The molecule has 4 aromatic rings. The molecule has 0 saturated heterocycles. The van der Waals surface area contributed by atoms with Gasteiger partial charge in [-0.15, -0.1) is 0 Å². The number of halogens is 1. The van der Waals surface area contributed by atoms with E-state index in [2.05, 4.69) is 10.3 Å². The van der Waals surface area contributed by atoms with Crippen LogP contribution in [0, 0.1) is 12.7 Å². The van der Waals surface area contributed by atoms with Gasteiger partial charge in [0.25, 0.3) is 5.56 Å². The van der Waals surface area contributed by atoms with Crippen LogP contribution in [-0.2, 0) is 17.9 Å². The van der Waals surface area contributed by atoms with Gasteiger partial charge in [0.2, 0.25) is 5.91 Å². The monoisotopic (exact) mass is 447 g/mol. The van der Waals surface area contributed by atoms with Crippen LogP contribution in [0.15, 0.2) is 82.6 Å². The molecule has 4 rings (SSSR count). The number of amides is 1. The molecule has 0 radical (unpaired) electrons. The zero-order valence-electron chi connectivity index (χ0n) is 17.5. The number of aryl methyl sites for hydroxylation is 1. The van der Waals surface area contributed by atoms with E-state index in [1.54, 1.807) is 16.7 Å². The molecule has 0 aliphatic heterocycles. The first-order chi connectivity index (χ1) is 15.5. The number of para-hydroxylation sites is 2. The molecular weight excluding hydrogens is 425 g/mol. The molecule has 32 heavy (non-hydrogen) atoms. The maximum absolute atomic E-state index is 13.3. The first-order valence-corrected chi connectivity index (χ1v) is 11.2. The van der Waals surface area contributed by atoms with Crippen LogP contribution in [0.4, 0.5) is 4.39 Å². The fourth-order valence-corrected chi connectivity index (χ4v) is 4.10. The lowest BCUT2D eigenvalue weighted by Gasteiger charge is -2.12. The van der Waals surface area contributed by atoms with Gasteiger partial charge >= 0.3 is 0 Å². The third kappa shape index (κ3) is 5.23. The lowest BCUT2D eigenvalue weighted by Crippen LogP contribution is -2.27. The van der Waals surface area contributed by atoms with E-state index in [-0.39, 0.29) is 34.6 Å². The average molecular weight is 448 g/mol. The number of carbonyl (C=O) groups is 1. The van der Waals surface area contributed by atoms with Crippen LogP contribution >= 0.6 is 11.8 Å². The molecule has 0 spiro atoms. The van der Waals surface area contributed by atoms with Gasteiger partial charge in [-0.3, -0.25) is 14.2 Å². The van der Waals surface area contributed by atoms with Crippen molar-refractivity contribution in [1.29, 1.82) is 0 Å². The predicted octanol–water partition coefficient (Wildman–Crippen LogP) is 4.30. The highest BCUT2D eigenvalue weighted by Gasteiger charge is 2.14. The summed E-state index contributed by atoms with van der Waals surface area (Å²) in [5.74, 6) is -0.556. The average Bonchev–Trinajstić information content (AvgIpc) is 2.80. The minimum absolute atomic E-state index is 0.0421. The molecule has 5 nitrogen and oxygen atoms in total. The van der Waals surface area contributed by atoms with Gasteiger partial charge in [-0.05, 0) is 42.3 Å². The summed E-state index contributed by atoms with van der Waals surface area (Å²) in [5, 5.41) is 3.02. The lowest BCUT2D eigenvalue weighted by molar-refractivity contribution is -0.118. The zero-order valence-corrected chi connectivity index (χ0v) is 18.4. The van der Waals surface area contributed by atoms with E-state index in [1.165, 1.54) is 12.1 Å². The Labute approximate surface area is 189 Å². The van der Waals surface area contributed by atoms with E-state index in [4.69, 9.17) is 0 Å². The Hall–Kier alpha value is -3.45. The first-order valence-electron chi connectivity index (χ1n) is 10.2. The summed E-state index contributed by atoms with van der Waals surface area (Å²) < 4.78 is 15.0. The number of hydrogen-bond acceptors (Lipinski definition) is 4. The molecule has 0 atom stereocenters. The highest BCUT2D eigenvalue weighted by atomic mass is 32.2. The van der Waals surface area contributed by atoms with Crippen molar-refractivity contribution in [3.8, 4) is 0 Å². The Balaban J connectivity index is 1.52. The van der Waals surface area contributed by atoms with E-state index < -0.39 is 0 Å². The third-order valence-electron chi connectivity index (χ3n) is 5.00. The van der Waals surface area contributed by atoms with Crippen LogP contribution in [0.1, 0.15) is 16.7 Å². The van der Waals surface area contributed by atoms with Crippen molar-refractivity contribution in [3.63, 3.8) is 0 Å². The van der Waals surface area contributed by atoms with Gasteiger partial charge in [-0.2, -0.15) is 0 Å². The van der Waals surface area contributed by atoms with Crippen LogP contribution in [-0.4, -0.2) is 21.2 Å². The standard InChI is InChI=1S/C25H22FN3O2S/c1-17-9-11-18(12-10-17)15-29-22-8-3-2-7-21(22)28-24(25(29)31)32-16-23(30)27-14-19-5-4-6-20(26)13-19/h2-13H,14-16H2,1H3,(H,27,30). The van der Waals surface area contributed by atoms with E-state index in [0.29, 0.717) is 17.6 Å². The number of rotatable bonds is 7. The molecule has 0 aliphatic carbocycles. The molecule has 0 unspecified atom stereocenters. The molecule has 1 aromatic heterocycles. The summed E-state index contributed by atoms with van der Waals surface area (Å²) >= 11 is 1.10. The van der Waals surface area contributed by atoms with Crippen LogP contribution < -0.4 is 10.9 Å². The van der Waals surface area contributed by atoms with Crippen molar-refractivity contribution in [2.75, 3.05) is 5.75 Å². The van der Waals surface area contributed by atoms with Crippen molar-refractivity contribution in [1.82, 2.24) is 14.9 Å². The maximum Gasteiger partial charge on any atom is 0.283 e. The number of carbonyl (C=O) groups excluding carboxylic acids is 1. The quantitative estimate of drug-likeness (QED) is 0.429. The Morgan fingerprint density at radius 2 is 1.81 bits per heavy atom. The van der Waals surface area contributed by atoms with Crippen molar-refractivity contribution >= 4 is 28.7 Å². The number of fused-ring (bicyclic) bond motifs is 1. The van der Waals surface area contributed by atoms with Crippen LogP contribution in [0.2, 0.25) is 0 Å². The molecule has 0 aliphatic rings. The molecule has 1 amide bonds. The van der Waals surface area contributed by atoms with Gasteiger partial charge < -0.3 is 5.32 Å². The van der Waals surface area contributed by atoms with Gasteiger partial charge in [0.15, 0.2) is 5.03 Å². The highest BCUT2D eigenvalue weighted by molar-refractivity contribution is 7.99. The second-order valence-electron chi connectivity index (χ2n) is 7.48. The molecule has 1 heterocycles. The summed E-state index contributed by atoms with van der Waals surface area (Å²) in [7, 11) is 0. The number of hydrogen-bond donors (Lipinski definition) is 1. The van der Waals surface area contributed by atoms with Crippen LogP contribution in [0.3, 0.4) is 0 Å². The number of nitrogens with one attached hydrogen (secondary N) is 1. The summed E-state index contributed by atoms with van der Waals surface area (Å²) in [5.41, 5.74) is 4.05. The third-order valence-corrected chi connectivity index (χ3v) is 5.95. The van der Waals surface area contributed by atoms with Crippen molar-refractivity contribution in [2.24, 2.45) is 0 Å². The summed E-state index contributed by atoms with van der Waals surface area (Å²) in [6, 6.07) is 21.6. The summed E-state index contributed by atoms with van der Waals surface area (Å²) in [4.78, 5) is 30.0. The molecule has 7 heteroatoms. The zero-order chi connectivity index (χ0) is 22.5. The number of nitrogens with zero attached hydrogens (tertiary/aromatic N) is 2. The second kappa shape index (κ2) is 9.78. The predicted molar refractivity (Wildman–Crippen MR) is 125 cm³/mol. The van der Waals surface area contributed by atoms with Gasteiger partial charge in [0, 0.05) is 6.54 Å². The lowest BCUT2D eigenvalue weighted by atomic mass is 10.1. The van der Waals surface area contributed by atoms with Crippen LogP contribution in [0.5, 0.6) is 0 Å². The topological polar surface area (TPSA) is 64.0 Å². The van der Waals surface area contributed by atoms with Gasteiger partial charge in [0.1, 0.15) is 5.82 Å². The minimum atomic E-state index is -0.347. The normalized spacial score (nSPS) is 10.9. The Morgan fingerprint density at radius 1 is 1.03 bits per heavy atom. The highest BCUT2D eigenvalue weighted by Crippen LogP contribution is 2.18. The number of benzene rings is 3. The SMILES string of the molecule is Cc1ccc(Cn2c(=O)c(SCC(=O)NCc3cccc(F)c3)nc3ccccc32)cc1. The van der Waals surface area contributed by atoms with E-state index in [9.17, 15) is 14.0 Å². The second-order valence-corrected chi connectivity index (χ2v) is 8.44. The van der Waals surface area contributed by atoms with Crippen molar-refractivity contribution < 1.29 is 9.18 Å². The molecule has 3 aromatic carbocycles. The molecule has 1 N–H and O–H groups in total. The number of thioether (sulfide) groups is 1. The molecule has 0 fully saturated rings. The van der Waals surface area contributed by atoms with Gasteiger partial charge in [-0.25, -0.2) is 9.37 Å². The largest absolute Gasteiger partial charge is 0.351 e. The fourth-order valence-electron chi connectivity index (χ4n) is 3.33. The smallest absolute Gasteiger partial charge is 0.283 e. The van der Waals surface area contributed by atoms with E-state index >= 15 is 0 Å². The van der Waals surface area contributed by atoms with Crippen molar-refractivity contribution in [2.45, 2.75) is 25.0 Å². The van der Waals surface area contributed by atoms with Gasteiger partial charge in [0.05, 0.1) is 23.3 Å². The van der Waals surface area contributed by atoms with Crippen LogP contribution in [0.25, 0.3) is 11.0 Å². The Bertz CT molecular complexity index is 1320. The minimum Gasteiger partial charge on any atom is -0.351 e. The van der Waals surface area contributed by atoms with E-state index in [1.807, 2.05) is 55.5 Å². The first kappa shape index (κ1) is 21.8. The van der Waals surface area contributed by atoms with Gasteiger partial charge in [-0.1, -0.05) is 65.9 Å². The van der Waals surface area contributed by atoms with Crippen molar-refractivity contribution in [3.05, 3.63) is 106 Å². The van der Waals surface area contributed by atoms with E-state index in [0.717, 1.165) is 28.4 Å². The molecule has 0 saturated carbocycles. The summed E-state index contributed by atoms with van der Waals surface area (Å²) in [6.45, 7) is 2.66. The molecular formula is C25H22FN3O2S. The maximum atomic E-state index is 13.3. The summed E-state index contributed by atoms with van der Waals surface area (Å²) in [6.07, 6.45) is 0. The fraction of sp³-hybridized carbons (Fsp3) is 0.160.